The molecule has 0 heterocycles. The van der Waals surface area contributed by atoms with Crippen LogP contribution in [-0.2, 0) is 0 Å². The summed E-state index contributed by atoms with van der Waals surface area (Å²) in [4.78, 5) is 0. The summed E-state index contributed by atoms with van der Waals surface area (Å²) in [5, 5.41) is 12.2. The van der Waals surface area contributed by atoms with Crippen LogP contribution in [-0.4, -0.2) is 18.7 Å². The van der Waals surface area contributed by atoms with Crippen molar-refractivity contribution in [1.29, 1.82) is 5.26 Å². The van der Waals surface area contributed by atoms with E-state index in [1.54, 1.807) is 7.05 Å². The largest absolute Gasteiger partial charge is 0.487 e. The molecule has 1 N–H and O–H groups in total. The second-order valence-corrected chi connectivity index (χ2v) is 4.85. The molecule has 0 bridgehead atoms. The molecule has 0 amide bonds. The molecule has 5 heteroatoms. The van der Waals surface area contributed by atoms with Gasteiger partial charge in [-0.2, -0.15) is 5.26 Å². The van der Waals surface area contributed by atoms with Crippen molar-refractivity contribution in [1.82, 2.24) is 5.32 Å². The van der Waals surface area contributed by atoms with Crippen molar-refractivity contribution in [2.45, 2.75) is 37.3 Å². The molecule has 2 atom stereocenters. The fourth-order valence-corrected chi connectivity index (χ4v) is 2.46. The van der Waals surface area contributed by atoms with Gasteiger partial charge in [0.05, 0.1) is 6.07 Å². The van der Waals surface area contributed by atoms with Gasteiger partial charge in [-0.3, -0.25) is 0 Å². The minimum absolute atomic E-state index is 0.0881. The Balaban J connectivity index is 2.11. The molecule has 3 nitrogen and oxygen atoms in total. The Bertz CT molecular complexity index is 501. The summed E-state index contributed by atoms with van der Waals surface area (Å²) in [6, 6.07) is 5.39. The summed E-state index contributed by atoms with van der Waals surface area (Å²) >= 11 is 0. The van der Waals surface area contributed by atoms with Crippen molar-refractivity contribution in [3.8, 4) is 11.8 Å². The Morgan fingerprint density at radius 3 is 2.95 bits per heavy atom. The zero-order chi connectivity index (χ0) is 13.9. The Morgan fingerprint density at radius 2 is 2.26 bits per heavy atom. The maximum absolute atomic E-state index is 13.5. The van der Waals surface area contributed by atoms with Crippen LogP contribution in [0.15, 0.2) is 18.2 Å². The van der Waals surface area contributed by atoms with Crippen molar-refractivity contribution < 1.29 is 13.5 Å². The number of hydrogen-bond acceptors (Lipinski definition) is 3. The molecule has 2 rings (SSSR count). The molecule has 1 aromatic rings. The number of nitrogens with zero attached hydrogens (tertiary/aromatic N) is 1. The lowest BCUT2D eigenvalue weighted by Crippen LogP contribution is -2.48. The van der Waals surface area contributed by atoms with Crippen LogP contribution in [0.3, 0.4) is 0 Å². The lowest BCUT2D eigenvalue weighted by atomic mass is 9.81. The maximum atomic E-state index is 13.5. The van der Waals surface area contributed by atoms with Crippen LogP contribution in [0, 0.1) is 23.0 Å². The molecular formula is C14H16F2N2O. The summed E-state index contributed by atoms with van der Waals surface area (Å²) in [6.45, 7) is 0. The third-order valence-corrected chi connectivity index (χ3v) is 3.59. The Labute approximate surface area is 111 Å². The highest BCUT2D eigenvalue weighted by atomic mass is 19.1. The summed E-state index contributed by atoms with van der Waals surface area (Å²) < 4.78 is 32.1. The van der Waals surface area contributed by atoms with Crippen LogP contribution in [0.4, 0.5) is 8.78 Å². The van der Waals surface area contributed by atoms with Crippen molar-refractivity contribution in [3.63, 3.8) is 0 Å². The van der Waals surface area contributed by atoms with Crippen molar-refractivity contribution in [2.75, 3.05) is 7.05 Å². The smallest absolute Gasteiger partial charge is 0.165 e. The molecule has 2 unspecified atom stereocenters. The highest BCUT2D eigenvalue weighted by molar-refractivity contribution is 5.25. The van der Waals surface area contributed by atoms with Crippen LogP contribution in [0.1, 0.15) is 25.7 Å². The van der Waals surface area contributed by atoms with Crippen molar-refractivity contribution >= 4 is 0 Å². The molecule has 0 radical (unpaired) electrons. The SMILES string of the molecule is CNC1(C#N)CCCC(Oc2cc(F)ccc2F)C1. The zero-order valence-corrected chi connectivity index (χ0v) is 10.7. The lowest BCUT2D eigenvalue weighted by Gasteiger charge is -2.35. The normalized spacial score (nSPS) is 26.7. The molecule has 1 aromatic carbocycles. The van der Waals surface area contributed by atoms with Crippen molar-refractivity contribution in [3.05, 3.63) is 29.8 Å². The predicted octanol–water partition coefficient (Wildman–Crippen LogP) is 2.77. The molecule has 1 aliphatic rings. The first-order valence-corrected chi connectivity index (χ1v) is 6.30. The molecule has 1 aliphatic carbocycles. The quantitative estimate of drug-likeness (QED) is 0.915. The molecule has 19 heavy (non-hydrogen) atoms. The van der Waals surface area contributed by atoms with Gasteiger partial charge >= 0.3 is 0 Å². The number of benzene rings is 1. The number of hydrogen-bond donors (Lipinski definition) is 1. The molecular weight excluding hydrogens is 250 g/mol. The van der Waals surface area contributed by atoms with Gasteiger partial charge in [0.1, 0.15) is 17.5 Å². The first kappa shape index (κ1) is 13.8. The fraction of sp³-hybridized carbons (Fsp3) is 0.500. The third kappa shape index (κ3) is 3.02. The molecule has 0 aliphatic heterocycles. The van der Waals surface area contributed by atoms with E-state index in [1.165, 1.54) is 0 Å². The highest BCUT2D eigenvalue weighted by Gasteiger charge is 2.36. The lowest BCUT2D eigenvalue weighted by molar-refractivity contribution is 0.111. The maximum Gasteiger partial charge on any atom is 0.165 e. The van der Waals surface area contributed by atoms with E-state index in [2.05, 4.69) is 11.4 Å². The number of halogens is 2. The van der Waals surface area contributed by atoms with Gasteiger partial charge in [-0.05, 0) is 38.4 Å². The summed E-state index contributed by atoms with van der Waals surface area (Å²) in [5.74, 6) is -1.21. The van der Waals surface area contributed by atoms with E-state index in [1.807, 2.05) is 0 Å². The number of nitriles is 1. The van der Waals surface area contributed by atoms with E-state index in [0.717, 1.165) is 37.5 Å². The zero-order valence-electron chi connectivity index (χ0n) is 10.7. The van der Waals surface area contributed by atoms with Crippen LogP contribution in [0.2, 0.25) is 0 Å². The average molecular weight is 266 g/mol. The minimum Gasteiger partial charge on any atom is -0.487 e. The molecule has 0 saturated heterocycles. The van der Waals surface area contributed by atoms with Crippen LogP contribution in [0.25, 0.3) is 0 Å². The summed E-state index contributed by atoms with van der Waals surface area (Å²) in [5.41, 5.74) is -0.632. The average Bonchev–Trinajstić information content (AvgIpc) is 2.43. The first-order valence-electron chi connectivity index (χ1n) is 6.30. The Hall–Kier alpha value is -1.67. The van der Waals surface area contributed by atoms with Gasteiger partial charge in [0.2, 0.25) is 0 Å². The van der Waals surface area contributed by atoms with E-state index >= 15 is 0 Å². The van der Waals surface area contributed by atoms with Gasteiger partial charge in [0.15, 0.2) is 11.6 Å². The number of ether oxygens (including phenoxy) is 1. The third-order valence-electron chi connectivity index (χ3n) is 3.59. The minimum atomic E-state index is -0.632. The van der Waals surface area contributed by atoms with E-state index in [-0.39, 0.29) is 11.9 Å². The van der Waals surface area contributed by atoms with E-state index in [4.69, 9.17) is 4.74 Å². The molecule has 102 valence electrons. The van der Waals surface area contributed by atoms with Gasteiger partial charge < -0.3 is 10.1 Å². The van der Waals surface area contributed by atoms with Gasteiger partial charge in [0, 0.05) is 12.5 Å². The molecule has 1 saturated carbocycles. The Morgan fingerprint density at radius 1 is 1.47 bits per heavy atom. The number of rotatable bonds is 3. The monoisotopic (exact) mass is 266 g/mol. The van der Waals surface area contributed by atoms with Gasteiger partial charge in [-0.25, -0.2) is 8.78 Å². The fourth-order valence-electron chi connectivity index (χ4n) is 2.46. The van der Waals surface area contributed by atoms with Crippen LogP contribution >= 0.6 is 0 Å². The number of nitrogens with one attached hydrogen (secondary N) is 1. The second kappa shape index (κ2) is 5.54. The van der Waals surface area contributed by atoms with Gasteiger partial charge in [0.25, 0.3) is 0 Å². The van der Waals surface area contributed by atoms with Gasteiger partial charge in [-0.15, -0.1) is 0 Å². The topological polar surface area (TPSA) is 45.0 Å². The van der Waals surface area contributed by atoms with Crippen LogP contribution in [0.5, 0.6) is 5.75 Å². The first-order chi connectivity index (χ1) is 9.08. The standard InChI is InChI=1S/C14H16F2N2O/c1-18-14(9-17)6-2-3-11(8-14)19-13-7-10(15)4-5-12(13)16/h4-5,7,11,18H,2-3,6,8H2,1H3. The van der Waals surface area contributed by atoms with E-state index in [9.17, 15) is 14.0 Å². The molecule has 1 fully saturated rings. The van der Waals surface area contributed by atoms with Gasteiger partial charge in [-0.1, -0.05) is 0 Å². The van der Waals surface area contributed by atoms with E-state index in [0.29, 0.717) is 6.42 Å². The van der Waals surface area contributed by atoms with Crippen molar-refractivity contribution in [2.24, 2.45) is 0 Å². The molecule has 0 aromatic heterocycles. The highest BCUT2D eigenvalue weighted by Crippen LogP contribution is 2.31. The summed E-state index contributed by atoms with van der Waals surface area (Å²) in [7, 11) is 1.73. The van der Waals surface area contributed by atoms with Crippen LogP contribution < -0.4 is 10.1 Å². The summed E-state index contributed by atoms with van der Waals surface area (Å²) in [6.07, 6.45) is 2.48. The molecule has 0 spiro atoms. The predicted molar refractivity (Wildman–Crippen MR) is 66.6 cm³/mol. The van der Waals surface area contributed by atoms with E-state index < -0.39 is 17.2 Å². The Kier molecular flexibility index (Phi) is 4.01. The second-order valence-electron chi connectivity index (χ2n) is 4.85.